The standard InChI is InChI=1S/C19H16Cl3N5/c1-12(25-19-15(21)7-4-8-16(19)22)27(2)18-10-17(23-11-24-18)26-14-6-3-5-13(20)9-14/h3-11H,1-2H3,(H,23,24,26). The number of para-hydroxylation sites is 1. The van der Waals surface area contributed by atoms with Crippen LogP contribution in [-0.2, 0) is 0 Å². The molecule has 1 N–H and O–H groups in total. The Kier molecular flexibility index (Phi) is 6.16. The maximum absolute atomic E-state index is 6.20. The molecule has 0 unspecified atom stereocenters. The van der Waals surface area contributed by atoms with Crippen LogP contribution < -0.4 is 10.2 Å². The van der Waals surface area contributed by atoms with E-state index in [0.717, 1.165) is 5.69 Å². The minimum absolute atomic E-state index is 0.487. The third kappa shape index (κ3) is 4.89. The summed E-state index contributed by atoms with van der Waals surface area (Å²) in [5, 5.41) is 4.82. The van der Waals surface area contributed by atoms with Gasteiger partial charge in [0.25, 0.3) is 0 Å². The van der Waals surface area contributed by atoms with Crippen molar-refractivity contribution in [3.05, 3.63) is 69.9 Å². The molecule has 1 aromatic heterocycles. The minimum Gasteiger partial charge on any atom is -0.340 e. The zero-order chi connectivity index (χ0) is 19.4. The first-order valence-corrected chi connectivity index (χ1v) is 9.15. The Balaban J connectivity index is 1.84. The number of anilines is 3. The summed E-state index contributed by atoms with van der Waals surface area (Å²) in [6.07, 6.45) is 1.48. The fourth-order valence-corrected chi connectivity index (χ4v) is 2.98. The Morgan fingerprint density at radius 2 is 1.70 bits per heavy atom. The maximum Gasteiger partial charge on any atom is 0.139 e. The summed E-state index contributed by atoms with van der Waals surface area (Å²) in [5.41, 5.74) is 1.36. The zero-order valence-electron chi connectivity index (χ0n) is 14.6. The van der Waals surface area contributed by atoms with Crippen molar-refractivity contribution in [2.75, 3.05) is 17.3 Å². The molecule has 27 heavy (non-hydrogen) atoms. The van der Waals surface area contributed by atoms with E-state index in [2.05, 4.69) is 20.3 Å². The number of nitrogens with zero attached hydrogens (tertiary/aromatic N) is 4. The first-order chi connectivity index (χ1) is 12.9. The molecule has 0 radical (unpaired) electrons. The van der Waals surface area contributed by atoms with Crippen LogP contribution in [0, 0.1) is 0 Å². The van der Waals surface area contributed by atoms with Crippen molar-refractivity contribution >= 4 is 63.6 Å². The second-order valence-electron chi connectivity index (χ2n) is 5.69. The Morgan fingerprint density at radius 3 is 2.41 bits per heavy atom. The molecule has 8 heteroatoms. The van der Waals surface area contributed by atoms with Gasteiger partial charge in [0, 0.05) is 23.8 Å². The normalized spacial score (nSPS) is 11.4. The fourth-order valence-electron chi connectivity index (χ4n) is 2.31. The van der Waals surface area contributed by atoms with E-state index in [1.165, 1.54) is 6.33 Å². The van der Waals surface area contributed by atoms with Gasteiger partial charge in [-0.25, -0.2) is 15.0 Å². The molecule has 0 atom stereocenters. The summed E-state index contributed by atoms with van der Waals surface area (Å²) in [6, 6.07) is 14.5. The Morgan fingerprint density at radius 1 is 1.00 bits per heavy atom. The Bertz CT molecular complexity index is 970. The van der Waals surface area contributed by atoms with E-state index in [1.54, 1.807) is 18.2 Å². The highest BCUT2D eigenvalue weighted by atomic mass is 35.5. The van der Waals surface area contributed by atoms with Crippen LogP contribution in [0.2, 0.25) is 15.1 Å². The summed E-state index contributed by atoms with van der Waals surface area (Å²) in [6.45, 7) is 1.85. The monoisotopic (exact) mass is 419 g/mol. The summed E-state index contributed by atoms with van der Waals surface area (Å²) < 4.78 is 0. The first kappa shape index (κ1) is 19.4. The van der Waals surface area contributed by atoms with Crippen LogP contribution in [0.3, 0.4) is 0 Å². The number of nitrogens with one attached hydrogen (secondary N) is 1. The van der Waals surface area contributed by atoms with Crippen LogP contribution >= 0.6 is 34.8 Å². The van der Waals surface area contributed by atoms with E-state index in [9.17, 15) is 0 Å². The van der Waals surface area contributed by atoms with Crippen molar-refractivity contribution in [1.82, 2.24) is 9.97 Å². The van der Waals surface area contributed by atoms with Gasteiger partial charge in [-0.3, -0.25) is 0 Å². The van der Waals surface area contributed by atoms with E-state index in [1.807, 2.05) is 49.2 Å². The predicted octanol–water partition coefficient (Wildman–Crippen LogP) is 6.37. The van der Waals surface area contributed by atoms with Gasteiger partial charge in [-0.1, -0.05) is 46.9 Å². The molecule has 0 aliphatic carbocycles. The van der Waals surface area contributed by atoms with Gasteiger partial charge in [0.1, 0.15) is 29.5 Å². The average molecular weight is 421 g/mol. The SMILES string of the molecule is CC(=Nc1c(Cl)cccc1Cl)N(C)c1cc(Nc2cccc(Cl)c2)ncn1. The molecule has 0 fully saturated rings. The molecular weight excluding hydrogens is 405 g/mol. The molecule has 0 saturated carbocycles. The molecular formula is C19H16Cl3N5. The van der Waals surface area contributed by atoms with Crippen molar-refractivity contribution < 1.29 is 0 Å². The molecule has 1 heterocycles. The second kappa shape index (κ2) is 8.57. The lowest BCUT2D eigenvalue weighted by Gasteiger charge is -2.18. The molecule has 3 aromatic rings. The van der Waals surface area contributed by atoms with Crippen LogP contribution in [0.15, 0.2) is 59.9 Å². The van der Waals surface area contributed by atoms with Gasteiger partial charge in [-0.15, -0.1) is 0 Å². The molecule has 0 bridgehead atoms. The van der Waals surface area contributed by atoms with Crippen molar-refractivity contribution in [2.45, 2.75) is 6.92 Å². The Hall–Kier alpha value is -2.34. The van der Waals surface area contributed by atoms with Crippen molar-refractivity contribution in [3.63, 3.8) is 0 Å². The largest absolute Gasteiger partial charge is 0.340 e. The van der Waals surface area contributed by atoms with Crippen LogP contribution in [0.4, 0.5) is 23.0 Å². The van der Waals surface area contributed by atoms with Crippen molar-refractivity contribution in [3.8, 4) is 0 Å². The number of hydrogen-bond donors (Lipinski definition) is 1. The smallest absolute Gasteiger partial charge is 0.139 e. The minimum atomic E-state index is 0.487. The number of benzene rings is 2. The highest BCUT2D eigenvalue weighted by Crippen LogP contribution is 2.33. The summed E-state index contributed by atoms with van der Waals surface area (Å²) >= 11 is 18.4. The van der Waals surface area contributed by atoms with Gasteiger partial charge in [0.05, 0.1) is 10.0 Å². The first-order valence-electron chi connectivity index (χ1n) is 8.01. The van der Waals surface area contributed by atoms with E-state index in [0.29, 0.717) is 38.2 Å². The van der Waals surface area contributed by atoms with Crippen LogP contribution in [-0.4, -0.2) is 22.9 Å². The van der Waals surface area contributed by atoms with Gasteiger partial charge in [-0.05, 0) is 37.3 Å². The number of hydrogen-bond acceptors (Lipinski definition) is 4. The molecule has 0 saturated heterocycles. The summed E-state index contributed by atoms with van der Waals surface area (Å²) in [5.74, 6) is 1.98. The average Bonchev–Trinajstić information content (AvgIpc) is 2.64. The maximum atomic E-state index is 6.20. The van der Waals surface area contributed by atoms with E-state index in [-0.39, 0.29) is 0 Å². The molecule has 0 amide bonds. The van der Waals surface area contributed by atoms with Gasteiger partial charge >= 0.3 is 0 Å². The fraction of sp³-hybridized carbons (Fsp3) is 0.105. The number of aromatic nitrogens is 2. The van der Waals surface area contributed by atoms with Crippen molar-refractivity contribution in [2.24, 2.45) is 4.99 Å². The van der Waals surface area contributed by atoms with Crippen LogP contribution in [0.1, 0.15) is 6.92 Å². The second-order valence-corrected chi connectivity index (χ2v) is 6.94. The predicted molar refractivity (Wildman–Crippen MR) is 114 cm³/mol. The van der Waals surface area contributed by atoms with Gasteiger partial charge in [-0.2, -0.15) is 0 Å². The number of amidine groups is 1. The molecule has 3 rings (SSSR count). The van der Waals surface area contributed by atoms with Gasteiger partial charge in [0.2, 0.25) is 0 Å². The van der Waals surface area contributed by atoms with Crippen LogP contribution in [0.25, 0.3) is 0 Å². The topological polar surface area (TPSA) is 53.4 Å². The quantitative estimate of drug-likeness (QED) is 0.394. The number of aliphatic imine (C=N–C) groups is 1. The third-order valence-electron chi connectivity index (χ3n) is 3.79. The van der Waals surface area contributed by atoms with Crippen molar-refractivity contribution in [1.29, 1.82) is 0 Å². The van der Waals surface area contributed by atoms with E-state index < -0.39 is 0 Å². The lowest BCUT2D eigenvalue weighted by Crippen LogP contribution is -2.24. The molecule has 0 aliphatic heterocycles. The Labute approximate surface area is 172 Å². The molecule has 2 aromatic carbocycles. The molecule has 138 valence electrons. The number of halogens is 3. The molecule has 5 nitrogen and oxygen atoms in total. The highest BCUT2D eigenvalue weighted by molar-refractivity contribution is 6.39. The van der Waals surface area contributed by atoms with Crippen LogP contribution in [0.5, 0.6) is 0 Å². The van der Waals surface area contributed by atoms with E-state index >= 15 is 0 Å². The van der Waals surface area contributed by atoms with Gasteiger partial charge < -0.3 is 10.2 Å². The zero-order valence-corrected chi connectivity index (χ0v) is 16.9. The van der Waals surface area contributed by atoms with Gasteiger partial charge in [0.15, 0.2) is 0 Å². The summed E-state index contributed by atoms with van der Waals surface area (Å²) in [7, 11) is 1.86. The third-order valence-corrected chi connectivity index (χ3v) is 4.63. The van der Waals surface area contributed by atoms with E-state index in [4.69, 9.17) is 34.8 Å². The molecule has 0 spiro atoms. The lowest BCUT2D eigenvalue weighted by molar-refractivity contribution is 1.10. The molecule has 0 aliphatic rings. The number of rotatable bonds is 4. The summed E-state index contributed by atoms with van der Waals surface area (Å²) in [4.78, 5) is 14.9. The highest BCUT2D eigenvalue weighted by Gasteiger charge is 2.10. The lowest BCUT2D eigenvalue weighted by atomic mass is 10.3.